The van der Waals surface area contributed by atoms with E-state index in [0.29, 0.717) is 0 Å². The van der Waals surface area contributed by atoms with Crippen molar-refractivity contribution in [3.63, 3.8) is 0 Å². The molecule has 3 aliphatic heterocycles. The van der Waals surface area contributed by atoms with Crippen LogP contribution in [-0.2, 0) is 0 Å². The predicted molar refractivity (Wildman–Crippen MR) is 193 cm³/mol. The van der Waals surface area contributed by atoms with Crippen LogP contribution in [0.5, 0.6) is 23.0 Å². The second-order valence-electron chi connectivity index (χ2n) is 13.0. The monoisotopic (exact) mass is 620 g/mol. The largest absolute Gasteiger partial charge is 0.458 e. The highest BCUT2D eigenvalue weighted by Gasteiger charge is 2.43. The van der Waals surface area contributed by atoms with E-state index in [2.05, 4.69) is 131 Å². The normalized spacial score (nSPS) is 16.9. The first-order valence-corrected chi connectivity index (χ1v) is 16.8. The molecule has 6 aromatic rings. The highest BCUT2D eigenvalue weighted by Crippen LogP contribution is 2.49. The van der Waals surface area contributed by atoms with Crippen LogP contribution in [-0.4, -0.2) is 11.3 Å². The smallest absolute Gasteiger partial charge is 0.256 e. The van der Waals surface area contributed by atoms with E-state index in [1.165, 1.54) is 10.9 Å². The molecule has 6 heteroatoms. The summed E-state index contributed by atoms with van der Waals surface area (Å²) in [4.78, 5) is 2.35. The van der Waals surface area contributed by atoms with E-state index in [9.17, 15) is 0 Å². The van der Waals surface area contributed by atoms with Crippen LogP contribution in [0.2, 0.25) is 0 Å². The quantitative estimate of drug-likeness (QED) is 0.181. The summed E-state index contributed by atoms with van der Waals surface area (Å²) in [6, 6.07) is 36.6. The van der Waals surface area contributed by atoms with Crippen molar-refractivity contribution in [1.29, 1.82) is 0 Å². The van der Waals surface area contributed by atoms with E-state index in [0.717, 1.165) is 110 Å². The van der Waals surface area contributed by atoms with Crippen molar-refractivity contribution >= 4 is 50.8 Å². The first kappa shape index (κ1) is 26.2. The number of ether oxygens (including phenoxy) is 3. The minimum absolute atomic E-state index is 0.0872. The third-order valence-corrected chi connectivity index (χ3v) is 10.4. The number of nitrogens with zero attached hydrogens (tertiary/aromatic N) is 2. The molecule has 228 valence electrons. The molecule has 2 aliphatic carbocycles. The second-order valence-corrected chi connectivity index (χ2v) is 13.0. The average Bonchev–Trinajstić information content (AvgIpc) is 3.47. The standard InChI is InChI=1S/C42H29BN2O3/c1-2-12-26(13-3-1)45-34-24-27(44-32-16-6-10-20-37(32)47-38-21-11-7-17-33(38)44)22-23-28(34)29-25-39-40-42(41(29)45)48-36-19-9-5-15-31(36)43(40)30-14-4-8-18-35(30)46-39/h1-4,6-10,12-14,16-20,22-25H,5,11,15,21H2. The third kappa shape index (κ3) is 3.57. The molecule has 0 atom stereocenters. The van der Waals surface area contributed by atoms with E-state index in [1.807, 2.05) is 6.07 Å². The Hall–Kier alpha value is -5.88. The molecule has 11 rings (SSSR count). The number of hydrogen-bond acceptors (Lipinski definition) is 4. The molecule has 0 radical (unpaired) electrons. The van der Waals surface area contributed by atoms with Gasteiger partial charge in [-0.05, 0) is 90.9 Å². The zero-order valence-electron chi connectivity index (χ0n) is 26.1. The summed E-state index contributed by atoms with van der Waals surface area (Å²) in [5.41, 5.74) is 10.1. The Kier molecular flexibility index (Phi) is 5.36. The fourth-order valence-electron chi connectivity index (χ4n) is 8.37. The summed E-state index contributed by atoms with van der Waals surface area (Å²) in [6.45, 7) is 0.0872. The number of fused-ring (bicyclic) bond motifs is 8. The lowest BCUT2D eigenvalue weighted by Gasteiger charge is -2.35. The number of allylic oxidation sites excluding steroid dienone is 6. The maximum atomic E-state index is 7.01. The fraction of sp³-hybridized carbons (Fsp3) is 0.0952. The Labute approximate surface area is 278 Å². The third-order valence-electron chi connectivity index (χ3n) is 10.4. The average molecular weight is 621 g/mol. The minimum atomic E-state index is 0.0872. The summed E-state index contributed by atoms with van der Waals surface area (Å²) in [6.07, 6.45) is 12.7. The van der Waals surface area contributed by atoms with E-state index in [1.54, 1.807) is 0 Å². The molecule has 5 nitrogen and oxygen atoms in total. The molecule has 4 heterocycles. The lowest BCUT2D eigenvalue weighted by Crippen LogP contribution is -2.51. The lowest BCUT2D eigenvalue weighted by atomic mass is 9.33. The molecule has 0 amide bonds. The summed E-state index contributed by atoms with van der Waals surface area (Å²) < 4.78 is 22.6. The van der Waals surface area contributed by atoms with Gasteiger partial charge in [0.2, 0.25) is 0 Å². The molecular weight excluding hydrogens is 591 g/mol. The van der Waals surface area contributed by atoms with Gasteiger partial charge in [-0.25, -0.2) is 0 Å². The second kappa shape index (κ2) is 9.82. The first-order chi connectivity index (χ1) is 23.8. The number of anilines is 2. The van der Waals surface area contributed by atoms with E-state index in [-0.39, 0.29) is 6.71 Å². The molecule has 5 aliphatic rings. The maximum absolute atomic E-state index is 7.01. The molecule has 5 aromatic carbocycles. The number of para-hydroxylation sites is 4. The number of aromatic nitrogens is 1. The van der Waals surface area contributed by atoms with Gasteiger partial charge >= 0.3 is 0 Å². The van der Waals surface area contributed by atoms with Gasteiger partial charge in [0.15, 0.2) is 11.5 Å². The Morgan fingerprint density at radius 1 is 0.625 bits per heavy atom. The van der Waals surface area contributed by atoms with Crippen molar-refractivity contribution in [2.45, 2.75) is 25.7 Å². The molecule has 0 saturated carbocycles. The number of hydrogen-bond donors (Lipinski definition) is 0. The Balaban J connectivity index is 1.22. The van der Waals surface area contributed by atoms with Crippen molar-refractivity contribution in [2.75, 3.05) is 4.90 Å². The van der Waals surface area contributed by atoms with E-state index in [4.69, 9.17) is 14.2 Å². The van der Waals surface area contributed by atoms with Crippen LogP contribution in [0.25, 0.3) is 27.5 Å². The van der Waals surface area contributed by atoms with Crippen LogP contribution in [0, 0.1) is 0 Å². The lowest BCUT2D eigenvalue weighted by molar-refractivity contribution is 0.388. The Morgan fingerprint density at radius 2 is 1.44 bits per heavy atom. The zero-order valence-corrected chi connectivity index (χ0v) is 26.1. The Bertz CT molecular complexity index is 2500. The van der Waals surface area contributed by atoms with Crippen molar-refractivity contribution in [1.82, 2.24) is 4.57 Å². The van der Waals surface area contributed by atoms with Crippen LogP contribution in [0.1, 0.15) is 25.7 Å². The Morgan fingerprint density at radius 3 is 2.38 bits per heavy atom. The summed E-state index contributed by atoms with van der Waals surface area (Å²) in [5, 5.41) is 2.25. The van der Waals surface area contributed by atoms with Crippen LogP contribution in [0.15, 0.2) is 150 Å². The molecule has 0 spiro atoms. The van der Waals surface area contributed by atoms with Crippen molar-refractivity contribution in [3.05, 3.63) is 150 Å². The fourth-order valence-corrected chi connectivity index (χ4v) is 8.37. The summed E-state index contributed by atoms with van der Waals surface area (Å²) in [5.74, 6) is 5.54. The molecule has 48 heavy (non-hydrogen) atoms. The van der Waals surface area contributed by atoms with Gasteiger partial charge in [0.1, 0.15) is 23.0 Å². The number of benzene rings is 5. The summed E-state index contributed by atoms with van der Waals surface area (Å²) in [7, 11) is 0. The maximum Gasteiger partial charge on any atom is 0.256 e. The van der Waals surface area contributed by atoms with Crippen molar-refractivity contribution in [2.24, 2.45) is 0 Å². The predicted octanol–water partition coefficient (Wildman–Crippen LogP) is 9.13. The molecule has 0 bridgehead atoms. The van der Waals surface area contributed by atoms with Crippen molar-refractivity contribution < 1.29 is 14.2 Å². The number of rotatable bonds is 2. The van der Waals surface area contributed by atoms with Gasteiger partial charge in [-0.2, -0.15) is 0 Å². The highest BCUT2D eigenvalue weighted by molar-refractivity contribution is 6.93. The molecule has 1 aromatic heterocycles. The highest BCUT2D eigenvalue weighted by atomic mass is 16.5. The molecule has 0 fully saturated rings. The minimum Gasteiger partial charge on any atom is -0.458 e. The van der Waals surface area contributed by atoms with Crippen LogP contribution in [0.3, 0.4) is 0 Å². The van der Waals surface area contributed by atoms with E-state index >= 15 is 0 Å². The van der Waals surface area contributed by atoms with Gasteiger partial charge in [0.25, 0.3) is 6.71 Å². The molecule has 0 saturated heterocycles. The SMILES string of the molecule is C1=CC2=C(CC1)Oc1ccccc1N2c1ccc2c3cc4c5c(c3n(-c3ccccc3)c2c1)OC1=C(CCC=C1)B5c1ccccc1O4. The van der Waals surface area contributed by atoms with Crippen molar-refractivity contribution in [3.8, 4) is 28.7 Å². The van der Waals surface area contributed by atoms with Crippen LogP contribution in [0.4, 0.5) is 11.4 Å². The topological polar surface area (TPSA) is 35.9 Å². The van der Waals surface area contributed by atoms with Gasteiger partial charge in [-0.3, -0.25) is 0 Å². The van der Waals surface area contributed by atoms with Gasteiger partial charge in [-0.15, -0.1) is 0 Å². The van der Waals surface area contributed by atoms with Gasteiger partial charge in [0.05, 0.1) is 22.4 Å². The summed E-state index contributed by atoms with van der Waals surface area (Å²) >= 11 is 0. The van der Waals surface area contributed by atoms with Gasteiger partial charge in [0, 0.05) is 34.0 Å². The first-order valence-electron chi connectivity index (χ1n) is 16.8. The molecular formula is C42H29BN2O3. The van der Waals surface area contributed by atoms with Crippen LogP contribution < -0.4 is 30.0 Å². The zero-order chi connectivity index (χ0) is 31.3. The van der Waals surface area contributed by atoms with Gasteiger partial charge < -0.3 is 23.7 Å². The van der Waals surface area contributed by atoms with Crippen LogP contribution >= 0.6 is 0 Å². The molecule has 0 N–H and O–H groups in total. The van der Waals surface area contributed by atoms with Gasteiger partial charge in [-0.1, -0.05) is 66.7 Å². The molecule has 0 unspecified atom stereocenters. The van der Waals surface area contributed by atoms with E-state index < -0.39 is 0 Å².